The Hall–Kier alpha value is -0.930. The van der Waals surface area contributed by atoms with Gasteiger partial charge in [0.1, 0.15) is 5.82 Å². The summed E-state index contributed by atoms with van der Waals surface area (Å²) in [5.41, 5.74) is 6.58. The Morgan fingerprint density at radius 3 is 2.69 bits per heavy atom. The maximum atomic E-state index is 13.7. The second-order valence-electron chi connectivity index (χ2n) is 4.00. The zero-order chi connectivity index (χ0) is 12.0. The van der Waals surface area contributed by atoms with E-state index in [0.717, 1.165) is 12.8 Å². The Bertz CT molecular complexity index is 328. The molecular weight excluding hydrogens is 205 g/mol. The molecule has 1 aromatic carbocycles. The summed E-state index contributed by atoms with van der Waals surface area (Å²) in [6, 6.07) is 5.26. The molecule has 0 aromatic heterocycles. The fourth-order valence-electron chi connectivity index (χ4n) is 1.62. The summed E-state index contributed by atoms with van der Waals surface area (Å²) in [7, 11) is 0. The van der Waals surface area contributed by atoms with Gasteiger partial charge in [0.2, 0.25) is 0 Å². The lowest BCUT2D eigenvalue weighted by molar-refractivity contribution is 0.0455. The summed E-state index contributed by atoms with van der Waals surface area (Å²) in [4.78, 5) is 0. The van der Waals surface area contributed by atoms with Gasteiger partial charge in [-0.1, -0.05) is 31.5 Å². The van der Waals surface area contributed by atoms with Crippen molar-refractivity contribution in [1.29, 1.82) is 0 Å². The standard InChI is InChI=1S/C13H20FNO/c1-3-5-10(2)16-9-12-7-4-6-11(8-15)13(12)14/h4,6-7,10H,3,5,8-9,15H2,1-2H3. The molecule has 1 rings (SSSR count). The minimum absolute atomic E-state index is 0.172. The van der Waals surface area contributed by atoms with Gasteiger partial charge in [0, 0.05) is 17.7 Å². The highest BCUT2D eigenvalue weighted by Gasteiger charge is 2.08. The monoisotopic (exact) mass is 225 g/mol. The van der Waals surface area contributed by atoms with E-state index in [1.807, 2.05) is 13.0 Å². The van der Waals surface area contributed by atoms with Crippen LogP contribution in [0.25, 0.3) is 0 Å². The summed E-state index contributed by atoms with van der Waals surface area (Å²) in [5, 5.41) is 0. The van der Waals surface area contributed by atoms with E-state index < -0.39 is 0 Å². The average Bonchev–Trinajstić information content (AvgIpc) is 2.28. The topological polar surface area (TPSA) is 35.2 Å². The summed E-state index contributed by atoms with van der Waals surface area (Å²) >= 11 is 0. The number of nitrogens with two attached hydrogens (primary N) is 1. The van der Waals surface area contributed by atoms with E-state index in [1.54, 1.807) is 12.1 Å². The van der Waals surface area contributed by atoms with E-state index in [9.17, 15) is 4.39 Å². The molecule has 0 saturated heterocycles. The van der Waals surface area contributed by atoms with Crippen molar-refractivity contribution in [2.75, 3.05) is 0 Å². The van der Waals surface area contributed by atoms with E-state index >= 15 is 0 Å². The summed E-state index contributed by atoms with van der Waals surface area (Å²) in [6.07, 6.45) is 2.25. The molecule has 0 saturated carbocycles. The zero-order valence-electron chi connectivity index (χ0n) is 10.0. The van der Waals surface area contributed by atoms with Crippen LogP contribution in [0, 0.1) is 5.82 Å². The van der Waals surface area contributed by atoms with E-state index in [-0.39, 0.29) is 18.5 Å². The van der Waals surface area contributed by atoms with Gasteiger partial charge in [0.25, 0.3) is 0 Å². The fourth-order valence-corrected chi connectivity index (χ4v) is 1.62. The molecular formula is C13H20FNO. The quantitative estimate of drug-likeness (QED) is 0.807. The van der Waals surface area contributed by atoms with Crippen LogP contribution in [-0.4, -0.2) is 6.10 Å². The van der Waals surface area contributed by atoms with Crippen LogP contribution >= 0.6 is 0 Å². The Morgan fingerprint density at radius 1 is 1.38 bits per heavy atom. The molecule has 16 heavy (non-hydrogen) atoms. The zero-order valence-corrected chi connectivity index (χ0v) is 10.0. The molecule has 1 atom stereocenters. The van der Waals surface area contributed by atoms with Crippen molar-refractivity contribution >= 4 is 0 Å². The maximum Gasteiger partial charge on any atom is 0.133 e. The number of hydrogen-bond donors (Lipinski definition) is 1. The number of hydrogen-bond acceptors (Lipinski definition) is 2. The van der Waals surface area contributed by atoms with Crippen LogP contribution in [0.1, 0.15) is 37.8 Å². The van der Waals surface area contributed by atoms with E-state index in [1.165, 1.54) is 0 Å². The molecule has 0 amide bonds. The van der Waals surface area contributed by atoms with E-state index in [0.29, 0.717) is 17.7 Å². The third-order valence-corrected chi connectivity index (χ3v) is 2.60. The molecule has 0 aliphatic carbocycles. The van der Waals surface area contributed by atoms with Gasteiger partial charge in [-0.3, -0.25) is 0 Å². The summed E-state index contributed by atoms with van der Waals surface area (Å²) in [5.74, 6) is -0.228. The second kappa shape index (κ2) is 6.61. The number of benzene rings is 1. The van der Waals surface area contributed by atoms with Crippen molar-refractivity contribution in [2.24, 2.45) is 5.73 Å². The summed E-state index contributed by atoms with van der Waals surface area (Å²) < 4.78 is 19.3. The molecule has 0 spiro atoms. The van der Waals surface area contributed by atoms with Crippen LogP contribution in [0.4, 0.5) is 4.39 Å². The lowest BCUT2D eigenvalue weighted by atomic mass is 10.1. The van der Waals surface area contributed by atoms with Crippen LogP contribution in [0.2, 0.25) is 0 Å². The smallest absolute Gasteiger partial charge is 0.133 e. The molecule has 0 fully saturated rings. The summed E-state index contributed by atoms with van der Waals surface area (Å²) in [6.45, 7) is 4.66. The van der Waals surface area contributed by atoms with E-state index in [2.05, 4.69) is 6.92 Å². The molecule has 0 radical (unpaired) electrons. The molecule has 2 nitrogen and oxygen atoms in total. The highest BCUT2D eigenvalue weighted by Crippen LogP contribution is 2.15. The van der Waals surface area contributed by atoms with Gasteiger partial charge >= 0.3 is 0 Å². The largest absolute Gasteiger partial charge is 0.374 e. The molecule has 0 aliphatic heterocycles. The van der Waals surface area contributed by atoms with Gasteiger partial charge < -0.3 is 10.5 Å². The van der Waals surface area contributed by atoms with Crippen molar-refractivity contribution in [1.82, 2.24) is 0 Å². The van der Waals surface area contributed by atoms with Gasteiger partial charge in [0.15, 0.2) is 0 Å². The van der Waals surface area contributed by atoms with Gasteiger partial charge in [-0.05, 0) is 13.3 Å². The number of ether oxygens (including phenoxy) is 1. The Morgan fingerprint density at radius 2 is 2.06 bits per heavy atom. The normalized spacial score (nSPS) is 12.8. The van der Waals surface area contributed by atoms with Crippen LogP contribution in [0.5, 0.6) is 0 Å². The number of rotatable bonds is 6. The second-order valence-corrected chi connectivity index (χ2v) is 4.00. The minimum atomic E-state index is -0.228. The number of halogens is 1. The first-order valence-corrected chi connectivity index (χ1v) is 5.77. The van der Waals surface area contributed by atoms with Crippen LogP contribution in [-0.2, 0) is 17.9 Å². The lowest BCUT2D eigenvalue weighted by Gasteiger charge is -2.13. The molecule has 1 aromatic rings. The predicted octanol–water partition coefficient (Wildman–Crippen LogP) is 2.99. The third-order valence-electron chi connectivity index (χ3n) is 2.60. The molecule has 0 bridgehead atoms. The van der Waals surface area contributed by atoms with Gasteiger partial charge in [-0.15, -0.1) is 0 Å². The Balaban J connectivity index is 2.60. The third kappa shape index (κ3) is 3.58. The fraction of sp³-hybridized carbons (Fsp3) is 0.538. The van der Waals surface area contributed by atoms with E-state index in [4.69, 9.17) is 10.5 Å². The molecule has 0 aliphatic rings. The van der Waals surface area contributed by atoms with Crippen LogP contribution in [0.3, 0.4) is 0 Å². The first-order valence-electron chi connectivity index (χ1n) is 5.77. The molecule has 2 N–H and O–H groups in total. The minimum Gasteiger partial charge on any atom is -0.374 e. The van der Waals surface area contributed by atoms with Crippen LogP contribution < -0.4 is 5.73 Å². The first kappa shape index (κ1) is 13.1. The van der Waals surface area contributed by atoms with Gasteiger partial charge in [-0.2, -0.15) is 0 Å². The van der Waals surface area contributed by atoms with Crippen molar-refractivity contribution < 1.29 is 9.13 Å². The molecule has 1 unspecified atom stereocenters. The maximum absolute atomic E-state index is 13.7. The van der Waals surface area contributed by atoms with Gasteiger partial charge in [-0.25, -0.2) is 4.39 Å². The SMILES string of the molecule is CCCC(C)OCc1cccc(CN)c1F. The molecule has 0 heterocycles. The van der Waals surface area contributed by atoms with Crippen molar-refractivity contribution in [2.45, 2.75) is 45.9 Å². The lowest BCUT2D eigenvalue weighted by Crippen LogP contribution is -2.09. The van der Waals surface area contributed by atoms with Crippen molar-refractivity contribution in [3.05, 3.63) is 35.1 Å². The molecule has 90 valence electrons. The molecule has 3 heteroatoms. The first-order chi connectivity index (χ1) is 7.69. The highest BCUT2D eigenvalue weighted by atomic mass is 19.1. The average molecular weight is 225 g/mol. The predicted molar refractivity (Wildman–Crippen MR) is 63.5 cm³/mol. The highest BCUT2D eigenvalue weighted by molar-refractivity contribution is 5.25. The Labute approximate surface area is 96.6 Å². The van der Waals surface area contributed by atoms with Gasteiger partial charge in [0.05, 0.1) is 12.7 Å². The van der Waals surface area contributed by atoms with Crippen molar-refractivity contribution in [3.8, 4) is 0 Å². The van der Waals surface area contributed by atoms with Crippen LogP contribution in [0.15, 0.2) is 18.2 Å². The Kier molecular flexibility index (Phi) is 5.43. The van der Waals surface area contributed by atoms with Crippen molar-refractivity contribution in [3.63, 3.8) is 0 Å².